The van der Waals surface area contributed by atoms with Gasteiger partial charge in [0.25, 0.3) is 7.37 Å². The second-order valence-electron chi connectivity index (χ2n) is 3.95. The SMILES string of the molecule is COc1ccc(OP(C)(=O)c2ccccc2)cc1. The smallest absolute Gasteiger partial charge is 0.274 e. The molecule has 0 aliphatic carbocycles. The van der Waals surface area contributed by atoms with E-state index < -0.39 is 7.37 Å². The third-order valence-corrected chi connectivity index (χ3v) is 4.36. The monoisotopic (exact) mass is 262 g/mol. The van der Waals surface area contributed by atoms with Crippen LogP contribution in [-0.4, -0.2) is 13.8 Å². The first-order chi connectivity index (χ1) is 8.62. The lowest BCUT2D eigenvalue weighted by molar-refractivity contribution is 0.414. The number of benzene rings is 2. The molecule has 0 heterocycles. The van der Waals surface area contributed by atoms with Gasteiger partial charge in [-0.05, 0) is 36.4 Å². The zero-order valence-corrected chi connectivity index (χ0v) is 11.3. The minimum atomic E-state index is -2.83. The molecule has 2 aromatic rings. The Morgan fingerprint density at radius 1 is 0.889 bits per heavy atom. The number of hydrogen-bond acceptors (Lipinski definition) is 3. The number of methoxy groups -OCH3 is 1. The summed E-state index contributed by atoms with van der Waals surface area (Å²) in [5.74, 6) is 1.32. The van der Waals surface area contributed by atoms with Crippen molar-refractivity contribution in [1.29, 1.82) is 0 Å². The first kappa shape index (κ1) is 12.7. The number of rotatable bonds is 4. The zero-order chi connectivity index (χ0) is 13.0. The Morgan fingerprint density at radius 2 is 1.44 bits per heavy atom. The van der Waals surface area contributed by atoms with Crippen LogP contribution < -0.4 is 14.6 Å². The molecule has 94 valence electrons. The first-order valence-corrected chi connectivity index (χ1v) is 7.66. The van der Waals surface area contributed by atoms with Crippen LogP contribution in [0, 0.1) is 0 Å². The summed E-state index contributed by atoms with van der Waals surface area (Å²) in [5.41, 5.74) is 0. The van der Waals surface area contributed by atoms with E-state index in [0.717, 1.165) is 5.75 Å². The van der Waals surface area contributed by atoms with Crippen LogP contribution in [-0.2, 0) is 4.57 Å². The third kappa shape index (κ3) is 2.93. The number of ether oxygens (including phenoxy) is 1. The van der Waals surface area contributed by atoms with Crippen molar-refractivity contribution in [3.05, 3.63) is 54.6 Å². The van der Waals surface area contributed by atoms with Crippen molar-refractivity contribution in [3.63, 3.8) is 0 Å². The maximum atomic E-state index is 12.5. The molecular weight excluding hydrogens is 247 g/mol. The predicted octanol–water partition coefficient (Wildman–Crippen LogP) is 3.31. The fourth-order valence-corrected chi connectivity index (χ4v) is 2.93. The minimum absolute atomic E-state index is 0.575. The molecule has 1 atom stereocenters. The van der Waals surface area contributed by atoms with Crippen LogP contribution in [0.3, 0.4) is 0 Å². The van der Waals surface area contributed by atoms with Crippen LogP contribution in [0.5, 0.6) is 11.5 Å². The van der Waals surface area contributed by atoms with Crippen LogP contribution in [0.15, 0.2) is 54.6 Å². The van der Waals surface area contributed by atoms with Crippen LogP contribution >= 0.6 is 7.37 Å². The third-order valence-electron chi connectivity index (χ3n) is 2.56. The summed E-state index contributed by atoms with van der Waals surface area (Å²) in [6, 6.07) is 16.3. The van der Waals surface area contributed by atoms with E-state index in [1.165, 1.54) is 0 Å². The second-order valence-corrected chi connectivity index (χ2v) is 6.34. The summed E-state index contributed by atoms with van der Waals surface area (Å²) in [5, 5.41) is 0.709. The van der Waals surface area contributed by atoms with Crippen molar-refractivity contribution in [1.82, 2.24) is 0 Å². The second kappa shape index (κ2) is 5.28. The molecular formula is C14H15O3P. The highest BCUT2D eigenvalue weighted by molar-refractivity contribution is 7.66. The van der Waals surface area contributed by atoms with E-state index in [-0.39, 0.29) is 0 Å². The summed E-state index contributed by atoms with van der Waals surface area (Å²) >= 11 is 0. The van der Waals surface area contributed by atoms with E-state index in [2.05, 4.69) is 0 Å². The van der Waals surface area contributed by atoms with Gasteiger partial charge in [-0.25, -0.2) is 0 Å². The molecule has 2 rings (SSSR count). The molecule has 0 fully saturated rings. The van der Waals surface area contributed by atoms with E-state index in [4.69, 9.17) is 9.26 Å². The van der Waals surface area contributed by atoms with E-state index >= 15 is 0 Å². The Balaban J connectivity index is 2.19. The molecule has 0 aliphatic heterocycles. The average molecular weight is 262 g/mol. The van der Waals surface area contributed by atoms with Gasteiger partial charge in [-0.1, -0.05) is 18.2 Å². The van der Waals surface area contributed by atoms with Crippen LogP contribution in [0.4, 0.5) is 0 Å². The Morgan fingerprint density at radius 3 is 2.00 bits per heavy atom. The number of hydrogen-bond donors (Lipinski definition) is 0. The van der Waals surface area contributed by atoms with Crippen LogP contribution in [0.25, 0.3) is 0 Å². The summed E-state index contributed by atoms with van der Waals surface area (Å²) in [6.45, 7) is 1.62. The van der Waals surface area contributed by atoms with Crippen molar-refractivity contribution >= 4 is 12.7 Å². The molecule has 4 heteroatoms. The van der Waals surface area contributed by atoms with Gasteiger partial charge >= 0.3 is 0 Å². The summed E-state index contributed by atoms with van der Waals surface area (Å²) in [6.07, 6.45) is 0. The molecule has 0 saturated heterocycles. The molecule has 0 bridgehead atoms. The normalized spacial score (nSPS) is 13.7. The molecule has 0 radical (unpaired) electrons. The van der Waals surface area contributed by atoms with Gasteiger partial charge in [0.1, 0.15) is 11.5 Å². The highest BCUT2D eigenvalue weighted by atomic mass is 31.2. The molecule has 0 aromatic heterocycles. The van der Waals surface area contributed by atoms with Gasteiger partial charge in [-0.3, -0.25) is 4.57 Å². The van der Waals surface area contributed by atoms with E-state index in [0.29, 0.717) is 11.1 Å². The molecule has 0 N–H and O–H groups in total. The summed E-state index contributed by atoms with van der Waals surface area (Å²) < 4.78 is 23.1. The van der Waals surface area contributed by atoms with Crippen molar-refractivity contribution < 1.29 is 13.8 Å². The topological polar surface area (TPSA) is 35.5 Å². The van der Waals surface area contributed by atoms with E-state index in [1.807, 2.05) is 30.3 Å². The maximum absolute atomic E-state index is 12.5. The van der Waals surface area contributed by atoms with Gasteiger partial charge in [0.15, 0.2) is 0 Å². The molecule has 0 amide bonds. The molecule has 18 heavy (non-hydrogen) atoms. The Hall–Kier alpha value is -1.73. The van der Waals surface area contributed by atoms with Crippen molar-refractivity contribution in [2.24, 2.45) is 0 Å². The molecule has 0 spiro atoms. The summed E-state index contributed by atoms with van der Waals surface area (Å²) in [7, 11) is -1.23. The molecule has 0 aliphatic rings. The van der Waals surface area contributed by atoms with Crippen LogP contribution in [0.1, 0.15) is 0 Å². The molecule has 0 saturated carbocycles. The maximum Gasteiger partial charge on any atom is 0.274 e. The standard InChI is InChI=1S/C14H15O3P/c1-16-12-8-10-13(11-9-12)17-18(2,15)14-6-4-3-5-7-14/h3-11H,1-2H3. The minimum Gasteiger partial charge on any atom is -0.497 e. The Labute approximate surface area is 107 Å². The van der Waals surface area contributed by atoms with Gasteiger partial charge in [0.2, 0.25) is 0 Å². The first-order valence-electron chi connectivity index (χ1n) is 5.58. The van der Waals surface area contributed by atoms with Crippen LogP contribution in [0.2, 0.25) is 0 Å². The Bertz CT molecular complexity index is 549. The van der Waals surface area contributed by atoms with Crippen molar-refractivity contribution in [2.45, 2.75) is 0 Å². The van der Waals surface area contributed by atoms with Gasteiger partial charge in [-0.15, -0.1) is 0 Å². The fourth-order valence-electron chi connectivity index (χ4n) is 1.59. The van der Waals surface area contributed by atoms with Gasteiger partial charge in [0, 0.05) is 12.0 Å². The lowest BCUT2D eigenvalue weighted by atomic mass is 10.3. The zero-order valence-electron chi connectivity index (χ0n) is 10.4. The van der Waals surface area contributed by atoms with Gasteiger partial charge in [0.05, 0.1) is 7.11 Å². The molecule has 1 unspecified atom stereocenters. The lowest BCUT2D eigenvalue weighted by Crippen LogP contribution is -2.07. The predicted molar refractivity (Wildman–Crippen MR) is 73.2 cm³/mol. The van der Waals surface area contributed by atoms with Gasteiger partial charge < -0.3 is 9.26 Å². The summed E-state index contributed by atoms with van der Waals surface area (Å²) in [4.78, 5) is 0. The highest BCUT2D eigenvalue weighted by Gasteiger charge is 2.20. The average Bonchev–Trinajstić information content (AvgIpc) is 2.40. The quantitative estimate of drug-likeness (QED) is 0.793. The van der Waals surface area contributed by atoms with Crippen molar-refractivity contribution in [3.8, 4) is 11.5 Å². The fraction of sp³-hybridized carbons (Fsp3) is 0.143. The highest BCUT2D eigenvalue weighted by Crippen LogP contribution is 2.42. The molecule has 3 nitrogen and oxygen atoms in total. The van der Waals surface area contributed by atoms with E-state index in [1.54, 1.807) is 38.0 Å². The largest absolute Gasteiger partial charge is 0.497 e. The Kier molecular flexibility index (Phi) is 3.73. The van der Waals surface area contributed by atoms with Crippen molar-refractivity contribution in [2.75, 3.05) is 13.8 Å². The lowest BCUT2D eigenvalue weighted by Gasteiger charge is -2.15. The van der Waals surface area contributed by atoms with E-state index in [9.17, 15) is 4.57 Å². The van der Waals surface area contributed by atoms with Gasteiger partial charge in [-0.2, -0.15) is 0 Å². The molecule has 2 aromatic carbocycles.